The van der Waals surface area contributed by atoms with Crippen molar-refractivity contribution in [2.45, 2.75) is 52.5 Å². The van der Waals surface area contributed by atoms with Gasteiger partial charge in [-0.15, -0.1) is 0 Å². The lowest BCUT2D eigenvalue weighted by atomic mass is 10.3. The third-order valence-corrected chi connectivity index (χ3v) is 5.88. The van der Waals surface area contributed by atoms with E-state index in [4.69, 9.17) is 13.3 Å². The van der Waals surface area contributed by atoms with E-state index in [-0.39, 0.29) is 0 Å². The third kappa shape index (κ3) is 5.05. The second-order valence-electron chi connectivity index (χ2n) is 4.34. The average Bonchev–Trinajstić information content (AvgIpc) is 2.80. The molecule has 1 rings (SSSR count). The van der Waals surface area contributed by atoms with Crippen molar-refractivity contribution in [1.29, 1.82) is 0 Å². The van der Waals surface area contributed by atoms with Crippen LogP contribution >= 0.6 is 0 Å². The Labute approximate surface area is 106 Å². The van der Waals surface area contributed by atoms with Crippen LogP contribution in [0.1, 0.15) is 46.5 Å². The highest BCUT2D eigenvalue weighted by molar-refractivity contribution is 6.60. The van der Waals surface area contributed by atoms with Gasteiger partial charge in [-0.1, -0.05) is 12.8 Å². The van der Waals surface area contributed by atoms with E-state index >= 15 is 0 Å². The normalized spacial score (nSPS) is 17.8. The Kier molecular flexibility index (Phi) is 7.30. The molecule has 0 spiro atoms. The highest BCUT2D eigenvalue weighted by Crippen LogP contribution is 2.18. The summed E-state index contributed by atoms with van der Waals surface area (Å²) in [7, 11) is -2.47. The van der Waals surface area contributed by atoms with Gasteiger partial charge in [0.1, 0.15) is 0 Å². The van der Waals surface area contributed by atoms with Gasteiger partial charge in [0.2, 0.25) is 0 Å². The molecule has 0 atom stereocenters. The molecule has 0 aromatic rings. The van der Waals surface area contributed by atoms with Crippen molar-refractivity contribution in [2.24, 2.45) is 0 Å². The van der Waals surface area contributed by atoms with Gasteiger partial charge in [-0.05, 0) is 33.6 Å². The maximum Gasteiger partial charge on any atom is 0.515 e. The zero-order chi connectivity index (χ0) is 12.6. The van der Waals surface area contributed by atoms with Crippen molar-refractivity contribution in [3.63, 3.8) is 0 Å². The fraction of sp³-hybridized carbons (Fsp3) is 1.00. The van der Waals surface area contributed by atoms with Crippen molar-refractivity contribution in [2.75, 3.05) is 26.0 Å². The van der Waals surface area contributed by atoms with Crippen LogP contribution in [0.15, 0.2) is 0 Å². The molecule has 0 amide bonds. The molecular weight excluding hydrogens is 234 g/mol. The highest BCUT2D eigenvalue weighted by Gasteiger charge is 2.40. The minimum absolute atomic E-state index is 0.628. The molecule has 1 aliphatic carbocycles. The van der Waals surface area contributed by atoms with Crippen LogP contribution < -0.4 is 5.32 Å². The summed E-state index contributed by atoms with van der Waals surface area (Å²) in [6.07, 6.45) is 5.96. The molecule has 0 radical (unpaired) electrons. The van der Waals surface area contributed by atoms with Crippen LogP contribution in [0, 0.1) is 0 Å². The van der Waals surface area contributed by atoms with Gasteiger partial charge in [0, 0.05) is 25.9 Å². The maximum atomic E-state index is 5.80. The van der Waals surface area contributed by atoms with Crippen LogP contribution in [0.4, 0.5) is 0 Å². The van der Waals surface area contributed by atoms with Crippen molar-refractivity contribution < 1.29 is 13.3 Å². The maximum absolute atomic E-state index is 5.80. The van der Waals surface area contributed by atoms with Crippen LogP contribution in [0.2, 0.25) is 0 Å². The Morgan fingerprint density at radius 2 is 1.41 bits per heavy atom. The molecule has 0 unspecified atom stereocenters. The molecule has 0 bridgehead atoms. The first-order chi connectivity index (χ1) is 8.26. The summed E-state index contributed by atoms with van der Waals surface area (Å²) >= 11 is 0. The summed E-state index contributed by atoms with van der Waals surface area (Å²) in [4.78, 5) is 0. The van der Waals surface area contributed by atoms with Crippen LogP contribution in [-0.2, 0) is 13.3 Å². The van der Waals surface area contributed by atoms with Crippen LogP contribution in [0.5, 0.6) is 0 Å². The standard InChI is InChI=1S/C12H27NO3Si/c1-4-14-17(15-5-2,16-6-3)11-13-12-9-7-8-10-12/h12-13H,4-11H2,1-3H3. The molecule has 1 fully saturated rings. The lowest BCUT2D eigenvalue weighted by Crippen LogP contribution is -2.55. The molecule has 1 N–H and O–H groups in total. The van der Waals surface area contributed by atoms with E-state index < -0.39 is 8.80 Å². The van der Waals surface area contributed by atoms with Gasteiger partial charge in [-0.2, -0.15) is 0 Å². The SMILES string of the molecule is CCO[Si](CNC1CCCC1)(OCC)OCC. The molecule has 1 aliphatic rings. The predicted octanol–water partition coefficient (Wildman–Crippen LogP) is 2.11. The zero-order valence-electron chi connectivity index (χ0n) is 11.5. The predicted molar refractivity (Wildman–Crippen MR) is 70.9 cm³/mol. The van der Waals surface area contributed by atoms with E-state index in [1.54, 1.807) is 0 Å². The van der Waals surface area contributed by atoms with Crippen molar-refractivity contribution in [3.05, 3.63) is 0 Å². The van der Waals surface area contributed by atoms with Crippen LogP contribution in [-0.4, -0.2) is 40.8 Å². The molecule has 0 saturated heterocycles. The summed E-state index contributed by atoms with van der Waals surface area (Å²) in [5.41, 5.74) is 0. The Morgan fingerprint density at radius 1 is 0.941 bits per heavy atom. The number of hydrogen-bond acceptors (Lipinski definition) is 4. The first-order valence-corrected chi connectivity index (χ1v) is 8.84. The lowest BCUT2D eigenvalue weighted by molar-refractivity contribution is 0.0692. The van der Waals surface area contributed by atoms with Crippen molar-refractivity contribution in [3.8, 4) is 0 Å². The Bertz CT molecular complexity index is 181. The van der Waals surface area contributed by atoms with Crippen molar-refractivity contribution >= 4 is 8.80 Å². The Hall–Kier alpha value is 0.0569. The number of rotatable bonds is 9. The van der Waals surface area contributed by atoms with Gasteiger partial charge in [0.05, 0.1) is 6.17 Å². The van der Waals surface area contributed by atoms with Crippen LogP contribution in [0.3, 0.4) is 0 Å². The summed E-state index contributed by atoms with van der Waals surface area (Å²) in [5, 5.41) is 3.56. The van der Waals surface area contributed by atoms with Gasteiger partial charge < -0.3 is 18.6 Å². The van der Waals surface area contributed by atoms with Crippen molar-refractivity contribution in [1.82, 2.24) is 5.32 Å². The molecule has 0 heterocycles. The molecule has 1 saturated carbocycles. The van der Waals surface area contributed by atoms with E-state index in [1.165, 1.54) is 25.7 Å². The minimum atomic E-state index is -2.47. The number of nitrogens with one attached hydrogen (secondary N) is 1. The molecule has 0 aromatic heterocycles. The largest absolute Gasteiger partial charge is 0.515 e. The Morgan fingerprint density at radius 3 is 1.82 bits per heavy atom. The van der Waals surface area contributed by atoms with Gasteiger partial charge in [-0.3, -0.25) is 0 Å². The first-order valence-electron chi connectivity index (χ1n) is 6.91. The van der Waals surface area contributed by atoms with E-state index in [0.29, 0.717) is 25.9 Å². The van der Waals surface area contributed by atoms with Gasteiger partial charge >= 0.3 is 8.80 Å². The smallest absolute Gasteiger partial charge is 0.373 e. The monoisotopic (exact) mass is 261 g/mol. The molecule has 4 nitrogen and oxygen atoms in total. The van der Waals surface area contributed by atoms with Gasteiger partial charge in [0.25, 0.3) is 0 Å². The summed E-state index contributed by atoms with van der Waals surface area (Å²) in [5.74, 6) is 0. The second-order valence-corrected chi connectivity index (χ2v) is 6.93. The second kappa shape index (κ2) is 8.21. The van der Waals surface area contributed by atoms with E-state index in [9.17, 15) is 0 Å². The first kappa shape index (κ1) is 15.1. The molecule has 5 heteroatoms. The number of hydrogen-bond donors (Lipinski definition) is 1. The van der Waals surface area contributed by atoms with Crippen LogP contribution in [0.25, 0.3) is 0 Å². The topological polar surface area (TPSA) is 39.7 Å². The highest BCUT2D eigenvalue weighted by atomic mass is 28.4. The van der Waals surface area contributed by atoms with E-state index in [0.717, 1.165) is 6.17 Å². The zero-order valence-corrected chi connectivity index (χ0v) is 12.5. The lowest BCUT2D eigenvalue weighted by Gasteiger charge is -2.29. The summed E-state index contributed by atoms with van der Waals surface area (Å²) < 4.78 is 17.4. The van der Waals surface area contributed by atoms with E-state index in [1.807, 2.05) is 20.8 Å². The third-order valence-electron chi connectivity index (χ3n) is 3.06. The fourth-order valence-electron chi connectivity index (χ4n) is 2.34. The summed E-state index contributed by atoms with van der Waals surface area (Å²) in [6, 6.07) is 0.628. The average molecular weight is 261 g/mol. The summed E-state index contributed by atoms with van der Waals surface area (Å²) in [6.45, 7) is 7.94. The molecule has 102 valence electrons. The van der Waals surface area contributed by atoms with Gasteiger partial charge in [0.15, 0.2) is 0 Å². The fourth-order valence-corrected chi connectivity index (χ4v) is 4.75. The molecule has 0 aromatic carbocycles. The molecule has 0 aliphatic heterocycles. The minimum Gasteiger partial charge on any atom is -0.373 e. The molecule has 17 heavy (non-hydrogen) atoms. The van der Waals surface area contributed by atoms with E-state index in [2.05, 4.69) is 5.32 Å². The Balaban J connectivity index is 2.46. The molecular formula is C12H27NO3Si. The van der Waals surface area contributed by atoms with Gasteiger partial charge in [-0.25, -0.2) is 0 Å². The quantitative estimate of drug-likeness (QED) is 0.645.